The third-order valence-electron chi connectivity index (χ3n) is 6.22. The Morgan fingerprint density at radius 2 is 1.39 bits per heavy atom. The van der Waals surface area contributed by atoms with E-state index in [2.05, 4.69) is 5.32 Å². The first-order valence-corrected chi connectivity index (χ1v) is 14.3. The van der Waals surface area contributed by atoms with Gasteiger partial charge < -0.3 is 10.2 Å². The summed E-state index contributed by atoms with van der Waals surface area (Å²) < 4.78 is 28.7. The molecule has 2 amide bonds. The number of hydrogen-bond donors (Lipinski definition) is 1. The summed E-state index contributed by atoms with van der Waals surface area (Å²) in [5.74, 6) is -0.730. The molecule has 0 saturated carbocycles. The number of carbonyl (C=O) groups is 2. The van der Waals surface area contributed by atoms with Gasteiger partial charge in [-0.05, 0) is 63.9 Å². The predicted molar refractivity (Wildman–Crippen MR) is 151 cm³/mol. The standard InChI is InChI=1S/C30H37N3O4S/c1-6-28(30(35)31-22(2)3)32(20-25-16-12-23(4)13-17-25)29(34)21-33(26-10-8-7-9-11-26)38(36,37)27-18-14-24(5)15-19-27/h7-19,22,28H,6,20-21H2,1-5H3,(H,31,35)/t28-/m1/s1. The summed E-state index contributed by atoms with van der Waals surface area (Å²) in [6, 6.07) is 22.0. The highest BCUT2D eigenvalue weighted by atomic mass is 32.2. The number of sulfonamides is 1. The average molecular weight is 536 g/mol. The van der Waals surface area contributed by atoms with E-state index in [1.807, 2.05) is 58.9 Å². The van der Waals surface area contributed by atoms with Crippen molar-refractivity contribution in [2.75, 3.05) is 10.8 Å². The minimum Gasteiger partial charge on any atom is -0.352 e. The van der Waals surface area contributed by atoms with Crippen LogP contribution >= 0.6 is 0 Å². The fourth-order valence-electron chi connectivity index (χ4n) is 4.15. The second kappa shape index (κ2) is 12.7. The fourth-order valence-corrected chi connectivity index (χ4v) is 5.57. The molecule has 3 aromatic carbocycles. The lowest BCUT2D eigenvalue weighted by atomic mass is 10.1. The normalized spacial score (nSPS) is 12.2. The van der Waals surface area contributed by atoms with Crippen LogP contribution in [0.15, 0.2) is 83.8 Å². The van der Waals surface area contributed by atoms with E-state index in [0.29, 0.717) is 12.1 Å². The first-order valence-electron chi connectivity index (χ1n) is 12.8. The zero-order chi connectivity index (χ0) is 27.9. The highest BCUT2D eigenvalue weighted by molar-refractivity contribution is 7.92. The van der Waals surface area contributed by atoms with Crippen LogP contribution in [0.3, 0.4) is 0 Å². The number of amides is 2. The first-order chi connectivity index (χ1) is 18.0. The van der Waals surface area contributed by atoms with E-state index in [0.717, 1.165) is 21.0 Å². The summed E-state index contributed by atoms with van der Waals surface area (Å²) in [7, 11) is -4.06. The van der Waals surface area contributed by atoms with Gasteiger partial charge in [0.15, 0.2) is 0 Å². The van der Waals surface area contributed by atoms with E-state index in [1.54, 1.807) is 54.6 Å². The van der Waals surface area contributed by atoms with Gasteiger partial charge in [-0.1, -0.05) is 72.6 Å². The Labute approximate surface area is 226 Å². The lowest BCUT2D eigenvalue weighted by Gasteiger charge is -2.33. The Morgan fingerprint density at radius 1 is 0.842 bits per heavy atom. The maximum Gasteiger partial charge on any atom is 0.264 e. The van der Waals surface area contributed by atoms with Crippen LogP contribution in [0.5, 0.6) is 0 Å². The van der Waals surface area contributed by atoms with Crippen molar-refractivity contribution in [1.82, 2.24) is 10.2 Å². The molecule has 0 aliphatic heterocycles. The first kappa shape index (κ1) is 28.9. The number of aryl methyl sites for hydroxylation is 2. The minimum absolute atomic E-state index is 0.0921. The van der Waals surface area contributed by atoms with Crippen molar-refractivity contribution in [3.05, 3.63) is 95.6 Å². The van der Waals surface area contributed by atoms with Crippen molar-refractivity contribution in [3.8, 4) is 0 Å². The summed E-state index contributed by atoms with van der Waals surface area (Å²) >= 11 is 0. The van der Waals surface area contributed by atoms with Crippen LogP contribution in [0.1, 0.15) is 43.9 Å². The highest BCUT2D eigenvalue weighted by Gasteiger charge is 2.33. The van der Waals surface area contributed by atoms with Gasteiger partial charge in [-0.3, -0.25) is 13.9 Å². The lowest BCUT2D eigenvalue weighted by molar-refractivity contribution is -0.140. The molecular formula is C30H37N3O4S. The van der Waals surface area contributed by atoms with Gasteiger partial charge in [0.05, 0.1) is 10.6 Å². The molecule has 0 fully saturated rings. The molecule has 0 heterocycles. The molecule has 3 rings (SSSR count). The Kier molecular flexibility index (Phi) is 9.69. The van der Waals surface area contributed by atoms with Gasteiger partial charge in [0, 0.05) is 12.6 Å². The second-order valence-corrected chi connectivity index (χ2v) is 11.6. The van der Waals surface area contributed by atoms with E-state index in [9.17, 15) is 18.0 Å². The van der Waals surface area contributed by atoms with E-state index in [-0.39, 0.29) is 23.4 Å². The van der Waals surface area contributed by atoms with Crippen molar-refractivity contribution >= 4 is 27.5 Å². The Morgan fingerprint density at radius 3 is 1.92 bits per heavy atom. The van der Waals surface area contributed by atoms with Crippen molar-refractivity contribution in [1.29, 1.82) is 0 Å². The number of anilines is 1. The molecule has 0 spiro atoms. The van der Waals surface area contributed by atoms with Gasteiger partial charge in [0.2, 0.25) is 11.8 Å². The van der Waals surface area contributed by atoms with Crippen molar-refractivity contribution in [2.24, 2.45) is 0 Å². The quantitative estimate of drug-likeness (QED) is 0.381. The van der Waals surface area contributed by atoms with Crippen LogP contribution < -0.4 is 9.62 Å². The number of rotatable bonds is 11. The van der Waals surface area contributed by atoms with E-state index in [4.69, 9.17) is 0 Å². The van der Waals surface area contributed by atoms with Crippen LogP contribution in [0.2, 0.25) is 0 Å². The van der Waals surface area contributed by atoms with Crippen LogP contribution in [-0.2, 0) is 26.2 Å². The Balaban J connectivity index is 2.03. The summed E-state index contributed by atoms with van der Waals surface area (Å²) in [6.45, 7) is 9.16. The monoisotopic (exact) mass is 535 g/mol. The lowest BCUT2D eigenvalue weighted by Crippen LogP contribution is -2.53. The zero-order valence-corrected chi connectivity index (χ0v) is 23.5. The van der Waals surface area contributed by atoms with Gasteiger partial charge in [0.25, 0.3) is 10.0 Å². The molecule has 3 aromatic rings. The van der Waals surface area contributed by atoms with Gasteiger partial charge in [-0.15, -0.1) is 0 Å². The minimum atomic E-state index is -4.06. The molecule has 1 atom stereocenters. The third-order valence-corrected chi connectivity index (χ3v) is 8.01. The maximum absolute atomic E-state index is 14.0. The molecule has 7 nitrogen and oxygen atoms in total. The molecule has 1 N–H and O–H groups in total. The SMILES string of the molecule is CC[C@H](C(=O)NC(C)C)N(Cc1ccc(C)cc1)C(=O)CN(c1ccccc1)S(=O)(=O)c1ccc(C)cc1. The molecule has 0 unspecified atom stereocenters. The van der Waals surface area contributed by atoms with E-state index < -0.39 is 28.5 Å². The average Bonchev–Trinajstić information content (AvgIpc) is 2.88. The number of nitrogens with zero attached hydrogens (tertiary/aromatic N) is 2. The summed E-state index contributed by atoms with van der Waals surface area (Å²) in [6.07, 6.45) is 0.381. The molecule has 202 valence electrons. The Bertz CT molecular complexity index is 1320. The van der Waals surface area contributed by atoms with Crippen molar-refractivity contribution in [3.63, 3.8) is 0 Å². The van der Waals surface area contributed by atoms with Crippen LogP contribution in [0, 0.1) is 13.8 Å². The number of benzene rings is 3. The van der Waals surface area contributed by atoms with E-state index >= 15 is 0 Å². The van der Waals surface area contributed by atoms with Crippen LogP contribution in [-0.4, -0.2) is 43.8 Å². The van der Waals surface area contributed by atoms with Gasteiger partial charge in [-0.2, -0.15) is 0 Å². The van der Waals surface area contributed by atoms with Gasteiger partial charge in [-0.25, -0.2) is 8.42 Å². The van der Waals surface area contributed by atoms with Gasteiger partial charge in [0.1, 0.15) is 12.6 Å². The molecular weight excluding hydrogens is 498 g/mol. The van der Waals surface area contributed by atoms with Crippen LogP contribution in [0.25, 0.3) is 0 Å². The third kappa shape index (κ3) is 7.22. The van der Waals surface area contributed by atoms with Gasteiger partial charge >= 0.3 is 0 Å². The Hall–Kier alpha value is -3.65. The number of carbonyl (C=O) groups excluding carboxylic acids is 2. The number of hydrogen-bond acceptors (Lipinski definition) is 4. The summed E-state index contributed by atoms with van der Waals surface area (Å²) in [5, 5.41) is 2.91. The largest absolute Gasteiger partial charge is 0.352 e. The number of para-hydroxylation sites is 1. The molecule has 0 aromatic heterocycles. The zero-order valence-electron chi connectivity index (χ0n) is 22.7. The molecule has 8 heteroatoms. The second-order valence-electron chi connectivity index (χ2n) is 9.75. The van der Waals surface area contributed by atoms with E-state index in [1.165, 1.54) is 4.90 Å². The molecule has 38 heavy (non-hydrogen) atoms. The smallest absolute Gasteiger partial charge is 0.264 e. The maximum atomic E-state index is 14.0. The number of nitrogens with one attached hydrogen (secondary N) is 1. The fraction of sp³-hybridized carbons (Fsp3) is 0.333. The molecule has 0 aliphatic rings. The highest BCUT2D eigenvalue weighted by Crippen LogP contribution is 2.25. The van der Waals surface area contributed by atoms with Crippen LogP contribution in [0.4, 0.5) is 5.69 Å². The molecule has 0 radical (unpaired) electrons. The van der Waals surface area contributed by atoms with Crippen molar-refractivity contribution < 1.29 is 18.0 Å². The molecule has 0 saturated heterocycles. The summed E-state index contributed by atoms with van der Waals surface area (Å²) in [4.78, 5) is 28.7. The topological polar surface area (TPSA) is 86.8 Å². The molecule has 0 bridgehead atoms. The predicted octanol–water partition coefficient (Wildman–Crippen LogP) is 4.83. The van der Waals surface area contributed by atoms with Crippen molar-refractivity contribution in [2.45, 2.75) is 64.6 Å². The molecule has 0 aliphatic carbocycles. The summed E-state index contributed by atoms with van der Waals surface area (Å²) in [5.41, 5.74) is 3.23.